The zero-order valence-electron chi connectivity index (χ0n) is 37.5. The van der Waals surface area contributed by atoms with Crippen LogP contribution in [0.3, 0.4) is 0 Å². The third kappa shape index (κ3) is 8.18. The third-order valence-corrected chi connectivity index (χ3v) is 14.0. The number of carbonyl (C=O) groups is 5. The number of aromatic nitrogens is 2. The van der Waals surface area contributed by atoms with Crippen LogP contribution in [0.1, 0.15) is 55.9 Å². The molecule has 7 heterocycles. The number of benzene rings is 4. The molecule has 6 aliphatic rings. The zero-order valence-corrected chi connectivity index (χ0v) is 37.5. The fourth-order valence-corrected chi connectivity index (χ4v) is 10.2. The first-order chi connectivity index (χ1) is 33.0. The normalized spacial score (nSPS) is 19.4. The van der Waals surface area contributed by atoms with E-state index in [0.717, 1.165) is 95.9 Å². The van der Waals surface area contributed by atoms with Crippen LogP contribution in [-0.2, 0) is 33.8 Å². The lowest BCUT2D eigenvalue weighted by molar-refractivity contribution is -0.136. The third-order valence-electron chi connectivity index (χ3n) is 14.0. The van der Waals surface area contributed by atoms with E-state index in [9.17, 15) is 24.0 Å². The molecule has 1 unspecified atom stereocenters. The van der Waals surface area contributed by atoms with Crippen LogP contribution in [0.15, 0.2) is 79.0 Å². The van der Waals surface area contributed by atoms with Crippen molar-refractivity contribution in [2.75, 3.05) is 89.6 Å². The standard InChI is InChI=1S/C50H50FN11O6/c1-29-40(10-12-43-46(29)52-15-21-68-43)60-16-14-31-25-53-50(56-39(31)28-60)55-32-4-2-30(3-5-32)22-45(64)54-33-6-9-41(38(51)23-33)59-19-17-58(18-20-59)35-26-61(27-35)34-7-8-36-37(24-34)49(67)62(48(36)66)42-11-13-44(63)57-47(42)65/h2-10,12,23-25,35,42,52H,11,13-22,26-28H2,1H3,(H,54,64)(H,53,55,56)(H,57,63,65). The van der Waals surface area contributed by atoms with Crippen molar-refractivity contribution < 1.29 is 33.1 Å². The molecular formula is C50H50FN11O6. The lowest BCUT2D eigenvalue weighted by Gasteiger charge is -2.49. The minimum absolute atomic E-state index is 0.0682. The van der Waals surface area contributed by atoms with Gasteiger partial charge in [0.05, 0.1) is 41.2 Å². The van der Waals surface area contributed by atoms with Gasteiger partial charge in [0.2, 0.25) is 23.7 Å². The molecule has 348 valence electrons. The van der Waals surface area contributed by atoms with E-state index in [0.29, 0.717) is 43.6 Å². The van der Waals surface area contributed by atoms with E-state index in [1.54, 1.807) is 24.3 Å². The molecule has 0 spiro atoms. The monoisotopic (exact) mass is 919 g/mol. The number of fused-ring (bicyclic) bond motifs is 3. The molecule has 0 aliphatic carbocycles. The maximum atomic E-state index is 15.6. The van der Waals surface area contributed by atoms with E-state index in [4.69, 9.17) is 9.72 Å². The van der Waals surface area contributed by atoms with Crippen molar-refractivity contribution in [2.24, 2.45) is 0 Å². The molecule has 3 saturated heterocycles. The topological polar surface area (TPSA) is 185 Å². The largest absolute Gasteiger partial charge is 0.490 e. The Morgan fingerprint density at radius 3 is 2.41 bits per heavy atom. The molecule has 18 heteroatoms. The highest BCUT2D eigenvalue weighted by Crippen LogP contribution is 2.39. The Hall–Kier alpha value is -7.60. The van der Waals surface area contributed by atoms with Crippen LogP contribution in [0.2, 0.25) is 0 Å². The Morgan fingerprint density at radius 1 is 0.838 bits per heavy atom. The minimum Gasteiger partial charge on any atom is -0.490 e. The van der Waals surface area contributed by atoms with Gasteiger partial charge in [0.1, 0.15) is 24.2 Å². The number of ether oxygens (including phenoxy) is 1. The summed E-state index contributed by atoms with van der Waals surface area (Å²) in [6.45, 7) is 9.34. The van der Waals surface area contributed by atoms with Crippen molar-refractivity contribution >= 4 is 69.6 Å². The molecular weight excluding hydrogens is 870 g/mol. The van der Waals surface area contributed by atoms with E-state index in [1.807, 2.05) is 47.5 Å². The molecule has 1 atom stereocenters. The number of halogens is 1. The molecule has 5 aromatic rings. The quantitative estimate of drug-likeness (QED) is 0.142. The first-order valence-corrected chi connectivity index (χ1v) is 23.2. The van der Waals surface area contributed by atoms with Crippen LogP contribution in [0.5, 0.6) is 5.75 Å². The van der Waals surface area contributed by atoms with Gasteiger partial charge in [-0.2, -0.15) is 0 Å². The first kappa shape index (κ1) is 43.0. The Kier molecular flexibility index (Phi) is 11.1. The van der Waals surface area contributed by atoms with Gasteiger partial charge in [0, 0.05) is 93.8 Å². The van der Waals surface area contributed by atoms with Gasteiger partial charge in [-0.1, -0.05) is 12.1 Å². The highest BCUT2D eigenvalue weighted by atomic mass is 19.1. The number of piperidine rings is 1. The Labute approximate surface area is 391 Å². The molecule has 0 saturated carbocycles. The number of rotatable bonds is 10. The zero-order chi connectivity index (χ0) is 46.6. The SMILES string of the molecule is Cc1c(N2CCc3cnc(Nc4ccc(CC(=O)Nc5ccc(N6CCN(C7CN(c8ccc9c(c8)C(=O)N(C8CCC(=O)NC8=O)C9=O)C7)CC6)c(F)c5)cc4)nc3C2)ccc2c1NCCO2. The average Bonchev–Trinajstić information content (AvgIpc) is 3.57. The summed E-state index contributed by atoms with van der Waals surface area (Å²) in [6.07, 6.45) is 3.04. The highest BCUT2D eigenvalue weighted by Gasteiger charge is 2.45. The van der Waals surface area contributed by atoms with E-state index in [1.165, 1.54) is 11.6 Å². The van der Waals surface area contributed by atoms with Crippen LogP contribution in [-0.4, -0.2) is 120 Å². The average molecular weight is 920 g/mol. The second kappa shape index (κ2) is 17.6. The van der Waals surface area contributed by atoms with Crippen LogP contribution < -0.4 is 40.7 Å². The lowest BCUT2D eigenvalue weighted by Crippen LogP contribution is -2.63. The summed E-state index contributed by atoms with van der Waals surface area (Å²) in [4.78, 5) is 82.9. The van der Waals surface area contributed by atoms with Crippen LogP contribution in [0, 0.1) is 12.7 Å². The van der Waals surface area contributed by atoms with Crippen molar-refractivity contribution in [1.82, 2.24) is 25.1 Å². The molecule has 4 aromatic carbocycles. The summed E-state index contributed by atoms with van der Waals surface area (Å²) in [7, 11) is 0. The fourth-order valence-electron chi connectivity index (χ4n) is 10.2. The molecule has 4 N–H and O–H groups in total. The molecule has 68 heavy (non-hydrogen) atoms. The van der Waals surface area contributed by atoms with Gasteiger partial charge in [0.15, 0.2) is 0 Å². The predicted molar refractivity (Wildman–Crippen MR) is 253 cm³/mol. The summed E-state index contributed by atoms with van der Waals surface area (Å²) < 4.78 is 21.4. The Bertz CT molecular complexity index is 2880. The number of amides is 5. The van der Waals surface area contributed by atoms with Gasteiger partial charge in [-0.15, -0.1) is 0 Å². The smallest absolute Gasteiger partial charge is 0.262 e. The van der Waals surface area contributed by atoms with E-state index in [2.05, 4.69) is 53.9 Å². The van der Waals surface area contributed by atoms with Gasteiger partial charge in [-0.25, -0.2) is 14.4 Å². The molecule has 17 nitrogen and oxygen atoms in total. The number of nitrogens with one attached hydrogen (secondary N) is 4. The number of hydrogen-bond donors (Lipinski definition) is 4. The first-order valence-electron chi connectivity index (χ1n) is 23.2. The van der Waals surface area contributed by atoms with Crippen LogP contribution in [0.4, 0.5) is 44.5 Å². The van der Waals surface area contributed by atoms with Crippen molar-refractivity contribution in [1.29, 1.82) is 0 Å². The molecule has 6 aliphatic heterocycles. The van der Waals surface area contributed by atoms with Gasteiger partial charge < -0.3 is 35.4 Å². The van der Waals surface area contributed by atoms with Crippen LogP contribution >= 0.6 is 0 Å². The number of anilines is 7. The van der Waals surface area contributed by atoms with Crippen molar-refractivity contribution in [3.05, 3.63) is 118 Å². The molecule has 3 fully saturated rings. The van der Waals surface area contributed by atoms with Crippen molar-refractivity contribution in [3.63, 3.8) is 0 Å². The van der Waals surface area contributed by atoms with E-state index < -0.39 is 35.5 Å². The number of carbonyl (C=O) groups excluding carboxylic acids is 5. The minimum atomic E-state index is -1.00. The maximum Gasteiger partial charge on any atom is 0.262 e. The summed E-state index contributed by atoms with van der Waals surface area (Å²) in [5, 5.41) is 11.9. The fraction of sp³-hybridized carbons (Fsp3) is 0.340. The number of piperazine rings is 1. The maximum absolute atomic E-state index is 15.6. The van der Waals surface area contributed by atoms with E-state index >= 15 is 4.39 Å². The molecule has 5 amide bonds. The van der Waals surface area contributed by atoms with Crippen molar-refractivity contribution in [2.45, 2.75) is 51.2 Å². The summed E-state index contributed by atoms with van der Waals surface area (Å²) in [5.41, 5.74) is 9.32. The van der Waals surface area contributed by atoms with Crippen molar-refractivity contribution in [3.8, 4) is 5.75 Å². The van der Waals surface area contributed by atoms with Gasteiger partial charge >= 0.3 is 0 Å². The number of nitrogens with zero attached hydrogens (tertiary/aromatic N) is 7. The molecule has 1 aromatic heterocycles. The highest BCUT2D eigenvalue weighted by molar-refractivity contribution is 6.23. The second-order valence-corrected chi connectivity index (χ2v) is 18.2. The lowest BCUT2D eigenvalue weighted by atomic mass is 10.0. The number of hydrogen-bond acceptors (Lipinski definition) is 14. The van der Waals surface area contributed by atoms with E-state index in [-0.39, 0.29) is 42.3 Å². The van der Waals surface area contributed by atoms with Crippen LogP contribution in [0.25, 0.3) is 0 Å². The predicted octanol–water partition coefficient (Wildman–Crippen LogP) is 4.63. The summed E-state index contributed by atoms with van der Waals surface area (Å²) in [5.74, 6) is -1.35. The summed E-state index contributed by atoms with van der Waals surface area (Å²) >= 11 is 0. The molecule has 0 radical (unpaired) electrons. The Balaban J connectivity index is 0.636. The molecule has 0 bridgehead atoms. The Morgan fingerprint density at radius 2 is 1.62 bits per heavy atom. The van der Waals surface area contributed by atoms with Gasteiger partial charge in [-0.05, 0) is 97.1 Å². The second-order valence-electron chi connectivity index (χ2n) is 18.2. The van der Waals surface area contributed by atoms with Gasteiger partial charge in [-0.3, -0.25) is 39.1 Å². The number of imide groups is 2. The summed E-state index contributed by atoms with van der Waals surface area (Å²) in [6, 6.07) is 21.0. The van der Waals surface area contributed by atoms with Gasteiger partial charge in [0.25, 0.3) is 11.8 Å². The molecule has 11 rings (SSSR count).